The van der Waals surface area contributed by atoms with E-state index in [4.69, 9.17) is 4.98 Å². The maximum atomic E-state index is 4.76. The first kappa shape index (κ1) is 12.5. The minimum atomic E-state index is -0.0192. The fourth-order valence-electron chi connectivity index (χ4n) is 4.66. The van der Waals surface area contributed by atoms with Crippen molar-refractivity contribution in [1.29, 1.82) is 0 Å². The van der Waals surface area contributed by atoms with Crippen molar-refractivity contribution in [3.8, 4) is 0 Å². The summed E-state index contributed by atoms with van der Waals surface area (Å²) in [5.74, 6) is 3.35. The highest BCUT2D eigenvalue weighted by Gasteiger charge is 2.50. The second kappa shape index (κ2) is 4.24. The quantitative estimate of drug-likeness (QED) is 0.849. The van der Waals surface area contributed by atoms with Crippen LogP contribution in [-0.2, 0) is 7.05 Å². The maximum absolute atomic E-state index is 4.76. The molecule has 2 bridgehead atoms. The van der Waals surface area contributed by atoms with Crippen LogP contribution in [0, 0.1) is 11.8 Å². The van der Waals surface area contributed by atoms with E-state index in [9.17, 15) is 0 Å². The highest BCUT2D eigenvalue weighted by molar-refractivity contribution is 6.00. The molecule has 5 nitrogen and oxygen atoms in total. The van der Waals surface area contributed by atoms with Crippen LogP contribution in [0.2, 0.25) is 0 Å². The topological polar surface area (TPSA) is 54.2 Å². The van der Waals surface area contributed by atoms with Gasteiger partial charge in [0.1, 0.15) is 5.66 Å². The standard InChI is InChI=1S/C17H21N5/c1-22-14-5-3-2-4-13(14)18-16(22)15-19-17(21-20-15)10-11-6-8-12(17)9-7-11/h2-5,11-12,21H,6-10H2,1H3,(H,19,20). The Labute approximate surface area is 129 Å². The summed E-state index contributed by atoms with van der Waals surface area (Å²) < 4.78 is 2.13. The summed E-state index contributed by atoms with van der Waals surface area (Å²) in [5.41, 5.74) is 5.60. The lowest BCUT2D eigenvalue weighted by Gasteiger charge is -2.49. The van der Waals surface area contributed by atoms with Gasteiger partial charge in [-0.15, -0.1) is 0 Å². The van der Waals surface area contributed by atoms with Gasteiger partial charge >= 0.3 is 0 Å². The van der Waals surface area contributed by atoms with Gasteiger partial charge in [-0.2, -0.15) is 5.10 Å². The Kier molecular flexibility index (Phi) is 2.41. The highest BCUT2D eigenvalue weighted by Crippen LogP contribution is 2.47. The third-order valence-electron chi connectivity index (χ3n) is 5.86. The number of rotatable bonds is 1. The molecule has 1 spiro atoms. The number of fused-ring (bicyclic) bond motifs is 3. The van der Waals surface area contributed by atoms with Crippen molar-refractivity contribution < 1.29 is 0 Å². The molecule has 22 heavy (non-hydrogen) atoms. The van der Waals surface area contributed by atoms with Crippen molar-refractivity contribution in [2.24, 2.45) is 24.0 Å². The molecule has 6 rings (SSSR count). The zero-order chi connectivity index (χ0) is 14.7. The molecular formula is C17H21N5. The van der Waals surface area contributed by atoms with Crippen LogP contribution in [0.1, 0.15) is 37.9 Å². The minimum Gasteiger partial charge on any atom is -0.342 e. The normalized spacial score (nSPS) is 33.0. The number of hydrazone groups is 1. The predicted octanol–water partition coefficient (Wildman–Crippen LogP) is 2.33. The number of aromatic nitrogens is 2. The van der Waals surface area contributed by atoms with E-state index in [0.717, 1.165) is 28.6 Å². The number of hydrogen-bond donors (Lipinski definition) is 2. The van der Waals surface area contributed by atoms with Gasteiger partial charge in [0.2, 0.25) is 0 Å². The number of hydrogen-bond acceptors (Lipinski definition) is 4. The molecule has 1 atom stereocenters. The van der Waals surface area contributed by atoms with Crippen LogP contribution >= 0.6 is 0 Å². The van der Waals surface area contributed by atoms with Gasteiger partial charge in [0.25, 0.3) is 0 Å². The first-order chi connectivity index (χ1) is 10.8. The molecule has 2 heterocycles. The largest absolute Gasteiger partial charge is 0.342 e. The van der Waals surface area contributed by atoms with Crippen molar-refractivity contribution in [1.82, 2.24) is 20.3 Å². The fraction of sp³-hybridized carbons (Fsp3) is 0.529. The molecular weight excluding hydrogens is 274 g/mol. The Bertz CT molecular complexity index is 768. The summed E-state index contributed by atoms with van der Waals surface area (Å²) in [6.07, 6.45) is 6.59. The molecule has 0 amide bonds. The van der Waals surface area contributed by atoms with Gasteiger partial charge in [-0.25, -0.2) is 4.98 Å². The number of imidazole rings is 1. The van der Waals surface area contributed by atoms with Crippen molar-refractivity contribution in [2.45, 2.75) is 37.8 Å². The van der Waals surface area contributed by atoms with Gasteiger partial charge in [-0.05, 0) is 50.2 Å². The Hall–Kier alpha value is -2.04. The average molecular weight is 295 g/mol. The van der Waals surface area contributed by atoms with Crippen molar-refractivity contribution in [3.63, 3.8) is 0 Å². The number of benzene rings is 1. The summed E-state index contributed by atoms with van der Waals surface area (Å²) in [6.45, 7) is 0. The van der Waals surface area contributed by atoms with Crippen molar-refractivity contribution in [3.05, 3.63) is 30.1 Å². The smallest absolute Gasteiger partial charge is 0.191 e. The molecule has 0 saturated heterocycles. The molecule has 2 N–H and O–H groups in total. The SMILES string of the molecule is Cn1c(C2=NNC3(CC4CCC3CC4)N2)nc2ccccc21. The van der Waals surface area contributed by atoms with Gasteiger partial charge in [0, 0.05) is 13.0 Å². The van der Waals surface area contributed by atoms with E-state index in [2.05, 4.69) is 45.7 Å². The van der Waals surface area contributed by atoms with Crippen molar-refractivity contribution >= 4 is 16.9 Å². The molecule has 3 fully saturated rings. The Morgan fingerprint density at radius 3 is 2.73 bits per heavy atom. The van der Waals surface area contributed by atoms with E-state index in [-0.39, 0.29) is 5.66 Å². The van der Waals surface area contributed by atoms with E-state index in [1.54, 1.807) is 0 Å². The van der Waals surface area contributed by atoms with Crippen LogP contribution in [0.25, 0.3) is 11.0 Å². The van der Waals surface area contributed by atoms with E-state index >= 15 is 0 Å². The lowest BCUT2D eigenvalue weighted by Crippen LogP contribution is -2.62. The molecule has 2 aromatic rings. The number of aryl methyl sites for hydroxylation is 1. The van der Waals surface area contributed by atoms with Gasteiger partial charge in [-0.3, -0.25) is 5.43 Å². The van der Waals surface area contributed by atoms with E-state index in [0.29, 0.717) is 5.92 Å². The molecule has 114 valence electrons. The predicted molar refractivity (Wildman–Crippen MR) is 86.3 cm³/mol. The van der Waals surface area contributed by atoms with Crippen LogP contribution in [0.15, 0.2) is 29.4 Å². The van der Waals surface area contributed by atoms with E-state index in [1.165, 1.54) is 32.1 Å². The Balaban J connectivity index is 1.50. The lowest BCUT2D eigenvalue weighted by atomic mass is 9.64. The second-order valence-electron chi connectivity index (χ2n) is 7.07. The first-order valence-corrected chi connectivity index (χ1v) is 8.30. The van der Waals surface area contributed by atoms with Gasteiger partial charge in [-0.1, -0.05) is 12.1 Å². The van der Waals surface area contributed by atoms with Crippen LogP contribution in [-0.4, -0.2) is 21.0 Å². The Morgan fingerprint density at radius 1 is 1.18 bits per heavy atom. The molecule has 3 saturated carbocycles. The summed E-state index contributed by atoms with van der Waals surface area (Å²) in [6, 6.07) is 8.24. The minimum absolute atomic E-state index is 0.0192. The monoisotopic (exact) mass is 295 g/mol. The van der Waals surface area contributed by atoms with E-state index in [1.807, 2.05) is 6.07 Å². The zero-order valence-electron chi connectivity index (χ0n) is 12.8. The molecule has 0 radical (unpaired) electrons. The number of amidine groups is 1. The molecule has 3 aliphatic carbocycles. The van der Waals surface area contributed by atoms with Crippen LogP contribution in [0.4, 0.5) is 0 Å². The third kappa shape index (κ3) is 1.59. The first-order valence-electron chi connectivity index (χ1n) is 8.30. The average Bonchev–Trinajstić information content (AvgIpc) is 3.11. The molecule has 5 heteroatoms. The van der Waals surface area contributed by atoms with Crippen molar-refractivity contribution in [2.75, 3.05) is 0 Å². The summed E-state index contributed by atoms with van der Waals surface area (Å²) in [4.78, 5) is 4.76. The molecule has 4 aliphatic rings. The van der Waals surface area contributed by atoms with Crippen LogP contribution in [0.5, 0.6) is 0 Å². The zero-order valence-corrected chi connectivity index (χ0v) is 12.8. The molecule has 1 aromatic heterocycles. The second-order valence-corrected chi connectivity index (χ2v) is 7.07. The van der Waals surface area contributed by atoms with E-state index < -0.39 is 0 Å². The lowest BCUT2D eigenvalue weighted by molar-refractivity contribution is 0.0394. The van der Waals surface area contributed by atoms with Crippen LogP contribution < -0.4 is 10.7 Å². The highest BCUT2D eigenvalue weighted by atomic mass is 15.5. The fourth-order valence-corrected chi connectivity index (χ4v) is 4.66. The number of nitrogens with one attached hydrogen (secondary N) is 2. The number of nitrogens with zero attached hydrogens (tertiary/aromatic N) is 3. The molecule has 1 aromatic carbocycles. The summed E-state index contributed by atoms with van der Waals surface area (Å²) in [5, 5.41) is 8.34. The van der Waals surface area contributed by atoms with Gasteiger partial charge in [0.15, 0.2) is 11.7 Å². The van der Waals surface area contributed by atoms with Gasteiger partial charge < -0.3 is 9.88 Å². The summed E-state index contributed by atoms with van der Waals surface area (Å²) in [7, 11) is 2.06. The Morgan fingerprint density at radius 2 is 2.00 bits per heavy atom. The summed E-state index contributed by atoms with van der Waals surface area (Å²) >= 11 is 0. The van der Waals surface area contributed by atoms with Gasteiger partial charge in [0.05, 0.1) is 11.0 Å². The van der Waals surface area contributed by atoms with Crippen LogP contribution in [0.3, 0.4) is 0 Å². The third-order valence-corrected chi connectivity index (χ3v) is 5.86. The maximum Gasteiger partial charge on any atom is 0.191 e. The molecule has 1 unspecified atom stereocenters. The molecule has 1 aliphatic heterocycles. The number of para-hydroxylation sites is 2.